The van der Waals surface area contributed by atoms with Gasteiger partial charge in [0.2, 0.25) is 0 Å². The lowest BCUT2D eigenvalue weighted by atomic mass is 10.2. The maximum Gasteiger partial charge on any atom is 0.256 e. The Kier molecular flexibility index (Phi) is 3.51. The molecule has 0 N–H and O–H groups in total. The van der Waals surface area contributed by atoms with Crippen molar-refractivity contribution in [1.82, 2.24) is 9.88 Å². The van der Waals surface area contributed by atoms with Crippen molar-refractivity contribution in [1.29, 1.82) is 0 Å². The number of carbonyl (C=O) groups is 1. The molecule has 0 radical (unpaired) electrons. The Bertz CT molecular complexity index is 559. The smallest absolute Gasteiger partial charge is 0.256 e. The molecule has 3 nitrogen and oxygen atoms in total. The van der Waals surface area contributed by atoms with Crippen LogP contribution in [0.25, 0.3) is 0 Å². The standard InChI is InChI=1S/C15H14N2OS/c18-14(13-7-4-8-16-11-13)17-9-10-19-15(17)12-5-2-1-3-6-12/h1-8,11,15H,9-10H2. The molecule has 1 fully saturated rings. The molecule has 4 heteroatoms. The second-order valence-electron chi connectivity index (χ2n) is 4.37. The molecule has 19 heavy (non-hydrogen) atoms. The number of hydrogen-bond acceptors (Lipinski definition) is 3. The minimum Gasteiger partial charge on any atom is -0.322 e. The van der Waals surface area contributed by atoms with E-state index < -0.39 is 0 Å². The molecule has 1 unspecified atom stereocenters. The van der Waals surface area contributed by atoms with Gasteiger partial charge in [0.15, 0.2) is 0 Å². The Balaban J connectivity index is 1.86. The van der Waals surface area contributed by atoms with Gasteiger partial charge in [0.1, 0.15) is 5.37 Å². The van der Waals surface area contributed by atoms with Crippen LogP contribution in [0.5, 0.6) is 0 Å². The first-order valence-electron chi connectivity index (χ1n) is 6.24. The van der Waals surface area contributed by atoms with Gasteiger partial charge in [0.05, 0.1) is 5.56 Å². The number of nitrogens with zero attached hydrogens (tertiary/aromatic N) is 2. The van der Waals surface area contributed by atoms with Crippen LogP contribution in [0, 0.1) is 0 Å². The normalized spacial score (nSPS) is 18.5. The lowest BCUT2D eigenvalue weighted by molar-refractivity contribution is 0.0760. The lowest BCUT2D eigenvalue weighted by Crippen LogP contribution is -2.30. The predicted molar refractivity (Wildman–Crippen MR) is 76.9 cm³/mol. The quantitative estimate of drug-likeness (QED) is 0.841. The summed E-state index contributed by atoms with van der Waals surface area (Å²) in [6.45, 7) is 0.790. The monoisotopic (exact) mass is 270 g/mol. The van der Waals surface area contributed by atoms with E-state index in [9.17, 15) is 4.79 Å². The van der Waals surface area contributed by atoms with Gasteiger partial charge in [-0.1, -0.05) is 30.3 Å². The van der Waals surface area contributed by atoms with E-state index in [1.54, 1.807) is 18.5 Å². The van der Waals surface area contributed by atoms with E-state index >= 15 is 0 Å². The predicted octanol–water partition coefficient (Wildman–Crippen LogP) is 2.97. The summed E-state index contributed by atoms with van der Waals surface area (Å²) in [5, 5.41) is 0.119. The van der Waals surface area contributed by atoms with Crippen LogP contribution < -0.4 is 0 Å². The third kappa shape index (κ3) is 2.49. The van der Waals surface area contributed by atoms with Crippen molar-refractivity contribution in [3.63, 3.8) is 0 Å². The summed E-state index contributed by atoms with van der Waals surface area (Å²) in [6.07, 6.45) is 3.32. The van der Waals surface area contributed by atoms with Gasteiger partial charge in [-0.2, -0.15) is 0 Å². The van der Waals surface area contributed by atoms with Crippen molar-refractivity contribution in [2.24, 2.45) is 0 Å². The third-order valence-electron chi connectivity index (χ3n) is 3.15. The average molecular weight is 270 g/mol. The molecule has 0 saturated carbocycles. The summed E-state index contributed by atoms with van der Waals surface area (Å²) in [5.74, 6) is 1.04. The largest absolute Gasteiger partial charge is 0.322 e. The lowest BCUT2D eigenvalue weighted by Gasteiger charge is -2.24. The van der Waals surface area contributed by atoms with Gasteiger partial charge in [0, 0.05) is 24.7 Å². The molecule has 1 amide bonds. The maximum absolute atomic E-state index is 12.5. The van der Waals surface area contributed by atoms with Gasteiger partial charge in [0.25, 0.3) is 5.91 Å². The van der Waals surface area contributed by atoms with Crippen LogP contribution in [0.4, 0.5) is 0 Å². The highest BCUT2D eigenvalue weighted by Crippen LogP contribution is 2.38. The van der Waals surface area contributed by atoms with Crippen molar-refractivity contribution < 1.29 is 4.79 Å². The summed E-state index contributed by atoms with van der Waals surface area (Å²) in [6, 6.07) is 13.8. The number of rotatable bonds is 2. The van der Waals surface area contributed by atoms with Gasteiger partial charge < -0.3 is 4.90 Å². The fraction of sp³-hybridized carbons (Fsp3) is 0.200. The number of benzene rings is 1. The first-order valence-corrected chi connectivity index (χ1v) is 7.29. The fourth-order valence-electron chi connectivity index (χ4n) is 2.23. The van der Waals surface area contributed by atoms with Gasteiger partial charge in [-0.3, -0.25) is 9.78 Å². The summed E-state index contributed by atoms with van der Waals surface area (Å²) in [4.78, 5) is 18.5. The van der Waals surface area contributed by atoms with Crippen LogP contribution in [0.3, 0.4) is 0 Å². The van der Waals surface area contributed by atoms with Crippen molar-refractivity contribution >= 4 is 17.7 Å². The Hall–Kier alpha value is -1.81. The number of amides is 1. The Labute approximate surface area is 116 Å². The maximum atomic E-state index is 12.5. The van der Waals surface area contributed by atoms with Crippen molar-refractivity contribution in [2.45, 2.75) is 5.37 Å². The number of carbonyl (C=O) groups excluding carboxylic acids is 1. The van der Waals surface area contributed by atoms with E-state index in [2.05, 4.69) is 17.1 Å². The van der Waals surface area contributed by atoms with Gasteiger partial charge in [-0.25, -0.2) is 0 Å². The van der Waals surface area contributed by atoms with E-state index in [0.717, 1.165) is 12.3 Å². The van der Waals surface area contributed by atoms with E-state index in [-0.39, 0.29) is 11.3 Å². The van der Waals surface area contributed by atoms with Gasteiger partial charge in [-0.05, 0) is 17.7 Å². The van der Waals surface area contributed by atoms with Crippen LogP contribution in [-0.4, -0.2) is 28.1 Å². The van der Waals surface area contributed by atoms with E-state index in [1.165, 1.54) is 5.56 Å². The van der Waals surface area contributed by atoms with Crippen molar-refractivity contribution in [3.05, 3.63) is 66.0 Å². The summed E-state index contributed by atoms with van der Waals surface area (Å²) in [7, 11) is 0. The zero-order valence-corrected chi connectivity index (χ0v) is 11.2. The number of aromatic nitrogens is 1. The number of thioether (sulfide) groups is 1. The molecule has 1 atom stereocenters. The van der Waals surface area contributed by atoms with Crippen LogP contribution >= 0.6 is 11.8 Å². The third-order valence-corrected chi connectivity index (χ3v) is 4.41. The summed E-state index contributed by atoms with van der Waals surface area (Å²) in [5.41, 5.74) is 1.84. The number of pyridine rings is 1. The van der Waals surface area contributed by atoms with Crippen LogP contribution in [0.1, 0.15) is 21.3 Å². The molecule has 0 aliphatic carbocycles. The first-order chi connectivity index (χ1) is 9.36. The van der Waals surface area contributed by atoms with Gasteiger partial charge >= 0.3 is 0 Å². The molecule has 2 aromatic rings. The molecule has 3 rings (SSSR count). The zero-order chi connectivity index (χ0) is 13.1. The summed E-state index contributed by atoms with van der Waals surface area (Å²) >= 11 is 1.81. The van der Waals surface area contributed by atoms with E-state index in [4.69, 9.17) is 0 Å². The minimum absolute atomic E-state index is 0.0620. The minimum atomic E-state index is 0.0620. The highest BCUT2D eigenvalue weighted by molar-refractivity contribution is 7.99. The molecular weight excluding hydrogens is 256 g/mol. The van der Waals surface area contributed by atoms with Crippen LogP contribution in [0.2, 0.25) is 0 Å². The highest BCUT2D eigenvalue weighted by atomic mass is 32.2. The molecule has 96 valence electrons. The van der Waals surface area contributed by atoms with E-state index in [1.807, 2.05) is 40.9 Å². The molecule has 2 heterocycles. The second kappa shape index (κ2) is 5.45. The molecule has 1 aromatic heterocycles. The average Bonchev–Trinajstić information content (AvgIpc) is 2.98. The fourth-order valence-corrected chi connectivity index (χ4v) is 3.48. The Morgan fingerprint density at radius 2 is 2.05 bits per heavy atom. The summed E-state index contributed by atoms with van der Waals surface area (Å²) < 4.78 is 0. The molecule has 1 aromatic carbocycles. The second-order valence-corrected chi connectivity index (χ2v) is 5.56. The molecule has 0 spiro atoms. The van der Waals surface area contributed by atoms with Crippen LogP contribution in [0.15, 0.2) is 54.9 Å². The molecule has 0 bridgehead atoms. The molecule has 1 saturated heterocycles. The van der Waals surface area contributed by atoms with Crippen LogP contribution in [-0.2, 0) is 0 Å². The number of hydrogen-bond donors (Lipinski definition) is 0. The van der Waals surface area contributed by atoms with E-state index in [0.29, 0.717) is 5.56 Å². The van der Waals surface area contributed by atoms with Crippen molar-refractivity contribution in [2.75, 3.05) is 12.3 Å². The SMILES string of the molecule is O=C(c1cccnc1)N1CCSC1c1ccccc1. The first kappa shape index (κ1) is 12.2. The Morgan fingerprint density at radius 3 is 2.79 bits per heavy atom. The zero-order valence-electron chi connectivity index (χ0n) is 10.4. The molecular formula is C15H14N2OS. The van der Waals surface area contributed by atoms with Gasteiger partial charge in [-0.15, -0.1) is 11.8 Å². The highest BCUT2D eigenvalue weighted by Gasteiger charge is 2.31. The van der Waals surface area contributed by atoms with Crippen molar-refractivity contribution in [3.8, 4) is 0 Å². The molecule has 1 aliphatic rings. The Morgan fingerprint density at radius 1 is 1.21 bits per heavy atom. The molecule has 1 aliphatic heterocycles. The topological polar surface area (TPSA) is 33.2 Å².